The summed E-state index contributed by atoms with van der Waals surface area (Å²) < 4.78 is 0.969. The molecule has 0 bridgehead atoms. The van der Waals surface area contributed by atoms with Gasteiger partial charge in [0, 0.05) is 17.1 Å². The maximum Gasteiger partial charge on any atom is 0.244 e. The van der Waals surface area contributed by atoms with Crippen LogP contribution in [0.5, 0.6) is 0 Å². The van der Waals surface area contributed by atoms with Gasteiger partial charge < -0.3 is 10.2 Å². The first-order valence-electron chi connectivity index (χ1n) is 7.49. The molecule has 2 aromatic rings. The van der Waals surface area contributed by atoms with Gasteiger partial charge >= 0.3 is 0 Å². The van der Waals surface area contributed by atoms with Gasteiger partial charge in [-0.05, 0) is 37.4 Å². The number of likely N-dealkylation sites (N-methyl/N-ethyl adjacent to an activating group) is 1. The fraction of sp³-hybridized carbons (Fsp3) is 0.211. The third-order valence-corrected chi connectivity index (χ3v) is 4.11. The molecule has 23 heavy (non-hydrogen) atoms. The molecule has 0 saturated heterocycles. The van der Waals surface area contributed by atoms with Gasteiger partial charge in [-0.15, -0.1) is 0 Å². The van der Waals surface area contributed by atoms with Crippen LogP contribution in [-0.4, -0.2) is 31.4 Å². The minimum Gasteiger partial charge on any atom is -0.344 e. The monoisotopic (exact) mass is 372 g/mol. The molecule has 0 saturated carbocycles. The Morgan fingerprint density at radius 2 is 1.78 bits per heavy atom. The fourth-order valence-electron chi connectivity index (χ4n) is 2.28. The van der Waals surface area contributed by atoms with Crippen LogP contribution in [0.1, 0.15) is 17.2 Å². The molecular formula is C19H21BrN2O. The summed E-state index contributed by atoms with van der Waals surface area (Å²) in [4.78, 5) is 14.3. The Hall–Kier alpha value is -1.91. The van der Waals surface area contributed by atoms with Crippen molar-refractivity contribution in [3.8, 4) is 0 Å². The first-order chi connectivity index (χ1) is 11.1. The maximum atomic E-state index is 12.3. The van der Waals surface area contributed by atoms with Crippen LogP contribution in [0, 0.1) is 0 Å². The SMILES string of the molecule is CN(C)C[C@H](NC(=O)/C=C/c1ccccc1Br)c1ccccc1. The van der Waals surface area contributed by atoms with Crippen LogP contribution < -0.4 is 5.32 Å². The van der Waals surface area contributed by atoms with Crippen LogP contribution in [0.2, 0.25) is 0 Å². The molecule has 0 radical (unpaired) electrons. The van der Waals surface area contributed by atoms with Crippen LogP contribution >= 0.6 is 15.9 Å². The maximum absolute atomic E-state index is 12.3. The smallest absolute Gasteiger partial charge is 0.244 e. The lowest BCUT2D eigenvalue weighted by atomic mass is 10.1. The van der Waals surface area contributed by atoms with Crippen LogP contribution in [0.3, 0.4) is 0 Å². The Labute approximate surface area is 146 Å². The van der Waals surface area contributed by atoms with Crippen molar-refractivity contribution < 1.29 is 4.79 Å². The van der Waals surface area contributed by atoms with Crippen LogP contribution in [0.15, 0.2) is 65.1 Å². The van der Waals surface area contributed by atoms with E-state index in [9.17, 15) is 4.79 Å². The highest BCUT2D eigenvalue weighted by Crippen LogP contribution is 2.17. The number of halogens is 1. The molecular weight excluding hydrogens is 352 g/mol. The number of nitrogens with one attached hydrogen (secondary N) is 1. The first kappa shape index (κ1) is 17.4. The molecule has 0 unspecified atom stereocenters. The third-order valence-electron chi connectivity index (χ3n) is 3.39. The summed E-state index contributed by atoms with van der Waals surface area (Å²) in [5.74, 6) is -0.101. The van der Waals surface area contributed by atoms with E-state index in [1.54, 1.807) is 6.08 Å². The molecule has 0 aliphatic heterocycles. The van der Waals surface area contributed by atoms with Gasteiger partial charge in [0.05, 0.1) is 6.04 Å². The molecule has 0 aliphatic rings. The average Bonchev–Trinajstić information content (AvgIpc) is 2.54. The Kier molecular flexibility index (Phi) is 6.56. The van der Waals surface area contributed by atoms with Gasteiger partial charge in [-0.2, -0.15) is 0 Å². The minimum absolute atomic E-state index is 0.0393. The molecule has 1 amide bonds. The molecule has 1 N–H and O–H groups in total. The van der Waals surface area contributed by atoms with Gasteiger partial charge in [-0.1, -0.05) is 64.5 Å². The molecule has 2 rings (SSSR count). The van der Waals surface area contributed by atoms with Crippen LogP contribution in [-0.2, 0) is 4.79 Å². The summed E-state index contributed by atoms with van der Waals surface area (Å²) in [6.07, 6.45) is 3.39. The van der Waals surface area contributed by atoms with Crippen molar-refractivity contribution in [2.75, 3.05) is 20.6 Å². The number of carbonyl (C=O) groups is 1. The molecule has 1 atom stereocenters. The summed E-state index contributed by atoms with van der Waals surface area (Å²) >= 11 is 3.48. The van der Waals surface area contributed by atoms with Gasteiger partial charge in [-0.25, -0.2) is 0 Å². The van der Waals surface area contributed by atoms with Gasteiger partial charge in [0.25, 0.3) is 0 Å². The Balaban J connectivity index is 2.07. The zero-order chi connectivity index (χ0) is 16.7. The standard InChI is InChI=1S/C19H21BrN2O/c1-22(2)14-18(16-9-4-3-5-10-16)21-19(23)13-12-15-8-6-7-11-17(15)20/h3-13,18H,14H2,1-2H3,(H,21,23)/b13-12+/t18-/m0/s1. The highest BCUT2D eigenvalue weighted by Gasteiger charge is 2.13. The summed E-state index contributed by atoms with van der Waals surface area (Å²) in [6, 6.07) is 17.8. The van der Waals surface area contributed by atoms with E-state index in [1.807, 2.05) is 74.8 Å². The molecule has 0 aromatic heterocycles. The van der Waals surface area contributed by atoms with Crippen molar-refractivity contribution in [3.05, 3.63) is 76.3 Å². The van der Waals surface area contributed by atoms with E-state index in [0.717, 1.165) is 22.1 Å². The lowest BCUT2D eigenvalue weighted by molar-refractivity contribution is -0.117. The topological polar surface area (TPSA) is 32.3 Å². The number of hydrogen-bond donors (Lipinski definition) is 1. The van der Waals surface area contributed by atoms with Crippen LogP contribution in [0.25, 0.3) is 6.08 Å². The molecule has 3 nitrogen and oxygen atoms in total. The first-order valence-corrected chi connectivity index (χ1v) is 8.28. The normalized spacial score (nSPS) is 12.5. The number of nitrogens with zero attached hydrogens (tertiary/aromatic N) is 1. The van der Waals surface area contributed by atoms with Crippen LogP contribution in [0.4, 0.5) is 0 Å². The number of rotatable bonds is 6. The van der Waals surface area contributed by atoms with Crippen molar-refractivity contribution in [1.29, 1.82) is 0 Å². The zero-order valence-electron chi connectivity index (χ0n) is 13.4. The van der Waals surface area contributed by atoms with E-state index >= 15 is 0 Å². The number of carbonyl (C=O) groups excluding carboxylic acids is 1. The molecule has 0 heterocycles. The largest absolute Gasteiger partial charge is 0.344 e. The third kappa shape index (κ3) is 5.66. The number of benzene rings is 2. The molecule has 0 aliphatic carbocycles. The van der Waals surface area contributed by atoms with E-state index < -0.39 is 0 Å². The van der Waals surface area contributed by atoms with Crippen molar-refractivity contribution >= 4 is 27.9 Å². The second-order valence-corrected chi connectivity index (χ2v) is 6.44. The Morgan fingerprint density at radius 3 is 2.43 bits per heavy atom. The van der Waals surface area contributed by atoms with E-state index in [2.05, 4.69) is 26.1 Å². The summed E-state index contributed by atoms with van der Waals surface area (Å²) in [5.41, 5.74) is 2.08. The highest BCUT2D eigenvalue weighted by atomic mass is 79.9. The second kappa shape index (κ2) is 8.65. The van der Waals surface area contributed by atoms with Gasteiger partial charge in [-0.3, -0.25) is 4.79 Å². The lowest BCUT2D eigenvalue weighted by Crippen LogP contribution is -2.34. The lowest BCUT2D eigenvalue weighted by Gasteiger charge is -2.22. The van der Waals surface area contributed by atoms with Crippen molar-refractivity contribution in [2.45, 2.75) is 6.04 Å². The Morgan fingerprint density at radius 1 is 1.13 bits per heavy atom. The van der Waals surface area contributed by atoms with E-state index in [0.29, 0.717) is 0 Å². The Bertz CT molecular complexity index is 668. The van der Waals surface area contributed by atoms with E-state index in [1.165, 1.54) is 0 Å². The molecule has 4 heteroatoms. The second-order valence-electron chi connectivity index (χ2n) is 5.59. The van der Waals surface area contributed by atoms with Gasteiger partial charge in [0.15, 0.2) is 0 Å². The summed E-state index contributed by atoms with van der Waals surface area (Å²) in [7, 11) is 4.00. The highest BCUT2D eigenvalue weighted by molar-refractivity contribution is 9.10. The van der Waals surface area contributed by atoms with E-state index in [-0.39, 0.29) is 11.9 Å². The quantitative estimate of drug-likeness (QED) is 0.780. The van der Waals surface area contributed by atoms with Gasteiger partial charge in [0.1, 0.15) is 0 Å². The summed E-state index contributed by atoms with van der Waals surface area (Å²) in [5, 5.41) is 3.07. The average molecular weight is 373 g/mol. The van der Waals surface area contributed by atoms with Crippen molar-refractivity contribution in [1.82, 2.24) is 10.2 Å². The number of amides is 1. The van der Waals surface area contributed by atoms with E-state index in [4.69, 9.17) is 0 Å². The van der Waals surface area contributed by atoms with Crippen molar-refractivity contribution in [2.24, 2.45) is 0 Å². The fourth-order valence-corrected chi connectivity index (χ4v) is 2.70. The van der Waals surface area contributed by atoms with Gasteiger partial charge in [0.2, 0.25) is 5.91 Å². The predicted octanol–water partition coefficient (Wildman–Crippen LogP) is 3.88. The van der Waals surface area contributed by atoms with Crippen molar-refractivity contribution in [3.63, 3.8) is 0 Å². The molecule has 0 spiro atoms. The summed E-state index contributed by atoms with van der Waals surface area (Å²) in [6.45, 7) is 0.749. The number of hydrogen-bond acceptors (Lipinski definition) is 2. The molecule has 120 valence electrons. The predicted molar refractivity (Wildman–Crippen MR) is 99.1 cm³/mol. The molecule has 0 fully saturated rings. The minimum atomic E-state index is -0.101. The molecule has 2 aromatic carbocycles. The zero-order valence-corrected chi connectivity index (χ0v) is 15.0.